The van der Waals surface area contributed by atoms with E-state index in [2.05, 4.69) is 18.7 Å². The van der Waals surface area contributed by atoms with Crippen LogP contribution in [0.4, 0.5) is 5.69 Å². The molecule has 0 saturated carbocycles. The van der Waals surface area contributed by atoms with Gasteiger partial charge in [0.15, 0.2) is 9.84 Å². The maximum absolute atomic E-state index is 11.8. The Hall–Kier alpha value is -1.07. The lowest BCUT2D eigenvalue weighted by molar-refractivity contribution is 0.226. The van der Waals surface area contributed by atoms with E-state index in [0.717, 1.165) is 11.3 Å². The number of para-hydroxylation sites is 1. The number of hydrogen-bond acceptors (Lipinski definition) is 4. The topological polar surface area (TPSA) is 63.4 Å². The quantitative estimate of drug-likeness (QED) is 0.748. The van der Waals surface area contributed by atoms with Gasteiger partial charge in [0.2, 0.25) is 0 Å². The molecule has 0 saturated heterocycles. The van der Waals surface area contributed by atoms with Crippen LogP contribution in [0, 0.1) is 0 Å². The maximum Gasteiger partial charge on any atom is 0.151 e. The Morgan fingerprint density at radius 2 is 1.85 bits per heavy atom. The molecule has 0 bridgehead atoms. The molecular formula is C15H26N2O2S. The van der Waals surface area contributed by atoms with Crippen molar-refractivity contribution >= 4 is 15.5 Å². The average Bonchev–Trinajstić information content (AvgIpc) is 2.36. The number of nitrogen functional groups attached to an aromatic ring is 1. The molecule has 0 unspecified atom stereocenters. The van der Waals surface area contributed by atoms with Crippen molar-refractivity contribution in [2.45, 2.75) is 39.8 Å². The highest BCUT2D eigenvalue weighted by molar-refractivity contribution is 7.91. The number of nitrogens with zero attached hydrogens (tertiary/aromatic N) is 1. The van der Waals surface area contributed by atoms with Crippen LogP contribution in [0.1, 0.15) is 32.8 Å². The lowest BCUT2D eigenvalue weighted by atomic mass is 10.1. The fourth-order valence-electron chi connectivity index (χ4n) is 2.09. The Morgan fingerprint density at radius 1 is 1.20 bits per heavy atom. The van der Waals surface area contributed by atoms with Crippen molar-refractivity contribution in [2.75, 3.05) is 23.8 Å². The van der Waals surface area contributed by atoms with Gasteiger partial charge >= 0.3 is 0 Å². The molecule has 0 aliphatic heterocycles. The number of anilines is 1. The molecule has 0 spiro atoms. The Kier molecular flexibility index (Phi) is 6.49. The van der Waals surface area contributed by atoms with Crippen molar-refractivity contribution in [2.24, 2.45) is 0 Å². The van der Waals surface area contributed by atoms with Gasteiger partial charge in [0.25, 0.3) is 0 Å². The summed E-state index contributed by atoms with van der Waals surface area (Å²) < 4.78 is 23.7. The summed E-state index contributed by atoms with van der Waals surface area (Å²) in [5, 5.41) is 0. The molecule has 4 nitrogen and oxygen atoms in total. The zero-order valence-corrected chi connectivity index (χ0v) is 13.5. The molecule has 1 rings (SSSR count). The summed E-state index contributed by atoms with van der Waals surface area (Å²) in [5.74, 6) is 0.484. The van der Waals surface area contributed by atoms with Crippen LogP contribution >= 0.6 is 0 Å². The first kappa shape index (κ1) is 17.0. The molecule has 0 aliphatic carbocycles. The fraction of sp³-hybridized carbons (Fsp3) is 0.600. The normalized spacial score (nSPS) is 12.2. The molecule has 0 amide bonds. The molecule has 0 atom stereocenters. The number of hydrogen-bond donors (Lipinski definition) is 1. The number of nitrogens with two attached hydrogens (primary N) is 1. The lowest BCUT2D eigenvalue weighted by Gasteiger charge is -2.27. The van der Waals surface area contributed by atoms with Gasteiger partial charge in [0.1, 0.15) is 0 Å². The van der Waals surface area contributed by atoms with Gasteiger partial charge < -0.3 is 5.73 Å². The molecule has 5 heteroatoms. The van der Waals surface area contributed by atoms with E-state index in [1.807, 2.05) is 31.2 Å². The fourth-order valence-corrected chi connectivity index (χ4v) is 3.43. The van der Waals surface area contributed by atoms with Gasteiger partial charge in [0.05, 0.1) is 5.75 Å². The monoisotopic (exact) mass is 298 g/mol. The largest absolute Gasteiger partial charge is 0.398 e. The third kappa shape index (κ3) is 5.51. The van der Waals surface area contributed by atoms with Crippen molar-refractivity contribution in [3.63, 3.8) is 0 Å². The first-order valence-electron chi connectivity index (χ1n) is 7.13. The molecule has 1 aromatic rings. The first-order chi connectivity index (χ1) is 9.35. The Morgan fingerprint density at radius 3 is 2.40 bits per heavy atom. The molecule has 114 valence electrons. The minimum absolute atomic E-state index is 0.214. The van der Waals surface area contributed by atoms with Crippen molar-refractivity contribution in [3.8, 4) is 0 Å². The summed E-state index contributed by atoms with van der Waals surface area (Å²) in [6.07, 6.45) is 0.676. The number of sulfone groups is 1. The summed E-state index contributed by atoms with van der Waals surface area (Å²) in [6, 6.07) is 8.02. The zero-order valence-electron chi connectivity index (χ0n) is 12.7. The molecule has 0 fully saturated rings. The highest BCUT2D eigenvalue weighted by Crippen LogP contribution is 2.15. The number of rotatable bonds is 8. The second-order valence-electron chi connectivity index (χ2n) is 5.41. The minimum atomic E-state index is -2.94. The molecule has 1 aromatic carbocycles. The van der Waals surface area contributed by atoms with E-state index in [0.29, 0.717) is 19.5 Å². The van der Waals surface area contributed by atoms with Crippen LogP contribution in [0.25, 0.3) is 0 Å². The van der Waals surface area contributed by atoms with E-state index in [-0.39, 0.29) is 17.5 Å². The third-order valence-electron chi connectivity index (χ3n) is 3.36. The van der Waals surface area contributed by atoms with Gasteiger partial charge in [-0.15, -0.1) is 0 Å². The van der Waals surface area contributed by atoms with E-state index in [1.54, 1.807) is 0 Å². The van der Waals surface area contributed by atoms with Crippen LogP contribution in [0.3, 0.4) is 0 Å². The Bertz CT molecular complexity index is 512. The van der Waals surface area contributed by atoms with E-state index in [9.17, 15) is 8.42 Å². The van der Waals surface area contributed by atoms with Gasteiger partial charge in [-0.2, -0.15) is 0 Å². The third-order valence-corrected chi connectivity index (χ3v) is 5.20. The predicted octanol–water partition coefficient (Wildman–Crippen LogP) is 2.30. The predicted molar refractivity (Wildman–Crippen MR) is 85.3 cm³/mol. The highest BCUT2D eigenvalue weighted by atomic mass is 32.2. The summed E-state index contributed by atoms with van der Waals surface area (Å²) in [5.41, 5.74) is 7.76. The van der Waals surface area contributed by atoms with Crippen molar-refractivity contribution < 1.29 is 8.42 Å². The van der Waals surface area contributed by atoms with Crippen LogP contribution in [0.2, 0.25) is 0 Å². The van der Waals surface area contributed by atoms with Gasteiger partial charge in [-0.1, -0.05) is 25.1 Å². The lowest BCUT2D eigenvalue weighted by Crippen LogP contribution is -2.35. The summed E-state index contributed by atoms with van der Waals surface area (Å²) in [6.45, 7) is 7.28. The standard InChI is InChI=1S/C15H26N2O2S/c1-4-10-20(18,19)11-9-17(13(2)3)12-14-7-5-6-8-15(14)16/h5-8,13H,4,9-12,16H2,1-3H3. The van der Waals surface area contributed by atoms with Crippen LogP contribution in [-0.2, 0) is 16.4 Å². The van der Waals surface area contributed by atoms with Gasteiger partial charge in [-0.05, 0) is 31.9 Å². The second-order valence-corrected chi connectivity index (χ2v) is 7.72. The van der Waals surface area contributed by atoms with Crippen molar-refractivity contribution in [1.29, 1.82) is 0 Å². The molecule has 20 heavy (non-hydrogen) atoms. The zero-order chi connectivity index (χ0) is 15.2. The van der Waals surface area contributed by atoms with E-state index in [1.165, 1.54) is 0 Å². The van der Waals surface area contributed by atoms with E-state index < -0.39 is 9.84 Å². The van der Waals surface area contributed by atoms with Crippen LogP contribution in [-0.4, -0.2) is 37.4 Å². The molecule has 2 N–H and O–H groups in total. The van der Waals surface area contributed by atoms with E-state index >= 15 is 0 Å². The van der Waals surface area contributed by atoms with Gasteiger partial charge in [0, 0.05) is 30.6 Å². The summed E-state index contributed by atoms with van der Waals surface area (Å²) in [7, 11) is -2.94. The van der Waals surface area contributed by atoms with Crippen LogP contribution in [0.5, 0.6) is 0 Å². The van der Waals surface area contributed by atoms with Gasteiger partial charge in [-0.3, -0.25) is 4.90 Å². The van der Waals surface area contributed by atoms with Crippen molar-refractivity contribution in [1.82, 2.24) is 4.90 Å². The summed E-state index contributed by atoms with van der Waals surface area (Å²) in [4.78, 5) is 2.15. The van der Waals surface area contributed by atoms with E-state index in [4.69, 9.17) is 5.73 Å². The minimum Gasteiger partial charge on any atom is -0.398 e. The molecule has 0 heterocycles. The SMILES string of the molecule is CCCS(=O)(=O)CCN(Cc1ccccc1N)C(C)C. The molecule has 0 aliphatic rings. The first-order valence-corrected chi connectivity index (χ1v) is 8.95. The summed E-state index contributed by atoms with van der Waals surface area (Å²) >= 11 is 0. The molecule has 0 aromatic heterocycles. The average molecular weight is 298 g/mol. The Labute approximate surface area is 122 Å². The van der Waals surface area contributed by atoms with Crippen molar-refractivity contribution in [3.05, 3.63) is 29.8 Å². The molecule has 0 radical (unpaired) electrons. The Balaban J connectivity index is 2.69. The maximum atomic E-state index is 11.8. The van der Waals surface area contributed by atoms with Crippen LogP contribution in [0.15, 0.2) is 24.3 Å². The van der Waals surface area contributed by atoms with Gasteiger partial charge in [-0.25, -0.2) is 8.42 Å². The second kappa shape index (κ2) is 7.64. The smallest absolute Gasteiger partial charge is 0.151 e. The number of benzene rings is 1. The highest BCUT2D eigenvalue weighted by Gasteiger charge is 2.16. The molecular weight excluding hydrogens is 272 g/mol. The van der Waals surface area contributed by atoms with Crippen LogP contribution < -0.4 is 5.73 Å².